The summed E-state index contributed by atoms with van der Waals surface area (Å²) in [6, 6.07) is 3.31. The molecule has 3 rings (SSSR count). The highest BCUT2D eigenvalue weighted by Gasteiger charge is 2.37. The third-order valence-electron chi connectivity index (χ3n) is 4.51. The van der Waals surface area contributed by atoms with Crippen LogP contribution in [0, 0.1) is 5.82 Å². The minimum absolute atomic E-state index is 0.00806. The van der Waals surface area contributed by atoms with Gasteiger partial charge in [-0.05, 0) is 54.4 Å². The molecule has 0 aliphatic carbocycles. The molecule has 1 aromatic rings. The summed E-state index contributed by atoms with van der Waals surface area (Å²) >= 11 is 3.27. The summed E-state index contributed by atoms with van der Waals surface area (Å²) in [4.78, 5) is 17.1. The molecule has 4 nitrogen and oxygen atoms in total. The van der Waals surface area contributed by atoms with Gasteiger partial charge in [0.15, 0.2) is 0 Å². The van der Waals surface area contributed by atoms with Crippen molar-refractivity contribution >= 4 is 27.5 Å². The van der Waals surface area contributed by atoms with Crippen molar-refractivity contribution in [3.05, 3.63) is 28.0 Å². The van der Waals surface area contributed by atoms with E-state index in [1.165, 1.54) is 18.6 Å². The molecule has 2 aliphatic heterocycles. The summed E-state index contributed by atoms with van der Waals surface area (Å²) in [5.74, 6) is -0.584. The van der Waals surface area contributed by atoms with Crippen molar-refractivity contribution in [2.75, 3.05) is 25.4 Å². The van der Waals surface area contributed by atoms with E-state index in [-0.39, 0.29) is 17.6 Å². The second-order valence-corrected chi connectivity index (χ2v) is 6.81. The van der Waals surface area contributed by atoms with Gasteiger partial charge in [0.2, 0.25) is 0 Å². The number of nitrogens with zero attached hydrogens (tertiary/aromatic N) is 2. The van der Waals surface area contributed by atoms with E-state index in [0.717, 1.165) is 26.1 Å². The van der Waals surface area contributed by atoms with Crippen molar-refractivity contribution in [2.45, 2.75) is 31.8 Å². The van der Waals surface area contributed by atoms with E-state index in [9.17, 15) is 9.18 Å². The number of anilines is 1. The Kier molecular flexibility index (Phi) is 3.92. The fourth-order valence-electron chi connectivity index (χ4n) is 3.35. The smallest absolute Gasteiger partial charge is 0.255 e. The van der Waals surface area contributed by atoms with E-state index >= 15 is 0 Å². The summed E-state index contributed by atoms with van der Waals surface area (Å²) in [6.45, 7) is 4.84. The monoisotopic (exact) mass is 355 g/mol. The highest BCUT2D eigenvalue weighted by molar-refractivity contribution is 9.10. The molecule has 2 fully saturated rings. The van der Waals surface area contributed by atoms with E-state index < -0.39 is 5.82 Å². The summed E-state index contributed by atoms with van der Waals surface area (Å²) in [5.41, 5.74) is 6.05. The molecule has 2 saturated heterocycles. The van der Waals surface area contributed by atoms with Gasteiger partial charge in [-0.15, -0.1) is 0 Å². The van der Waals surface area contributed by atoms with Crippen LogP contribution in [0.4, 0.5) is 10.1 Å². The first-order chi connectivity index (χ1) is 9.97. The number of halogens is 2. The number of hydrogen-bond acceptors (Lipinski definition) is 3. The quantitative estimate of drug-likeness (QED) is 0.787. The van der Waals surface area contributed by atoms with Gasteiger partial charge in [0.1, 0.15) is 5.82 Å². The Hall–Kier alpha value is -1.14. The SMILES string of the molecule is CC1CN2CCCC2CN1C(=O)c1cc(N)c(F)cc1Br. The number of nitrogens with two attached hydrogens (primary N) is 1. The number of carbonyl (C=O) groups is 1. The first kappa shape index (κ1) is 14.8. The molecule has 114 valence electrons. The molecule has 0 aromatic heterocycles. The van der Waals surface area contributed by atoms with Gasteiger partial charge in [0.05, 0.1) is 11.3 Å². The molecule has 2 aliphatic rings. The molecule has 1 amide bonds. The molecule has 0 bridgehead atoms. The Morgan fingerprint density at radius 1 is 1.43 bits per heavy atom. The first-order valence-corrected chi connectivity index (χ1v) is 8.06. The van der Waals surface area contributed by atoms with Crippen LogP contribution in [0.25, 0.3) is 0 Å². The lowest BCUT2D eigenvalue weighted by Gasteiger charge is -2.42. The van der Waals surface area contributed by atoms with Gasteiger partial charge in [-0.3, -0.25) is 9.69 Å². The number of carbonyl (C=O) groups excluding carboxylic acids is 1. The average Bonchev–Trinajstić information content (AvgIpc) is 2.88. The van der Waals surface area contributed by atoms with Gasteiger partial charge in [0, 0.05) is 29.6 Å². The molecule has 2 atom stereocenters. The maximum absolute atomic E-state index is 13.4. The molecular weight excluding hydrogens is 337 g/mol. The van der Waals surface area contributed by atoms with Crippen molar-refractivity contribution in [2.24, 2.45) is 0 Å². The second-order valence-electron chi connectivity index (χ2n) is 5.95. The van der Waals surface area contributed by atoms with E-state index in [1.807, 2.05) is 4.90 Å². The minimum Gasteiger partial charge on any atom is -0.396 e. The van der Waals surface area contributed by atoms with Crippen LogP contribution in [0.5, 0.6) is 0 Å². The van der Waals surface area contributed by atoms with Crippen molar-refractivity contribution < 1.29 is 9.18 Å². The zero-order valence-electron chi connectivity index (χ0n) is 12.0. The van der Waals surface area contributed by atoms with Crippen molar-refractivity contribution in [3.8, 4) is 0 Å². The second kappa shape index (κ2) is 5.57. The molecule has 2 unspecified atom stereocenters. The average molecular weight is 356 g/mol. The fourth-order valence-corrected chi connectivity index (χ4v) is 3.84. The number of piperazine rings is 1. The Balaban J connectivity index is 1.86. The Morgan fingerprint density at radius 2 is 2.19 bits per heavy atom. The van der Waals surface area contributed by atoms with Gasteiger partial charge in [0.25, 0.3) is 5.91 Å². The molecule has 0 radical (unpaired) electrons. The van der Waals surface area contributed by atoms with Gasteiger partial charge < -0.3 is 10.6 Å². The van der Waals surface area contributed by atoms with E-state index in [0.29, 0.717) is 16.1 Å². The number of amides is 1. The third-order valence-corrected chi connectivity index (χ3v) is 5.17. The van der Waals surface area contributed by atoms with Crippen LogP contribution in [0.2, 0.25) is 0 Å². The summed E-state index contributed by atoms with van der Waals surface area (Å²) in [6.07, 6.45) is 2.34. The summed E-state index contributed by atoms with van der Waals surface area (Å²) < 4.78 is 13.9. The van der Waals surface area contributed by atoms with E-state index in [1.54, 1.807) is 0 Å². The standard InChI is InChI=1S/C15H19BrFN3O/c1-9-7-19-4-2-3-10(19)8-20(9)15(21)11-5-14(18)13(17)6-12(11)16/h5-6,9-10H,2-4,7-8,18H2,1H3. The maximum atomic E-state index is 13.4. The van der Waals surface area contributed by atoms with Crippen LogP contribution in [-0.2, 0) is 0 Å². The highest BCUT2D eigenvalue weighted by atomic mass is 79.9. The van der Waals surface area contributed by atoms with Crippen molar-refractivity contribution in [1.82, 2.24) is 9.80 Å². The molecule has 2 N–H and O–H groups in total. The number of rotatable bonds is 1. The normalized spacial score (nSPS) is 26.0. The Bertz CT molecular complexity index is 580. The van der Waals surface area contributed by atoms with Gasteiger partial charge in [-0.2, -0.15) is 0 Å². The van der Waals surface area contributed by atoms with Gasteiger partial charge >= 0.3 is 0 Å². The molecule has 0 spiro atoms. The van der Waals surface area contributed by atoms with Crippen LogP contribution in [-0.4, -0.2) is 47.4 Å². The predicted octanol–water partition coefficient (Wildman–Crippen LogP) is 2.48. The van der Waals surface area contributed by atoms with Crippen LogP contribution in [0.15, 0.2) is 16.6 Å². The number of benzene rings is 1. The third kappa shape index (κ3) is 2.66. The molecule has 0 saturated carbocycles. The molecular formula is C15H19BrFN3O. The minimum atomic E-state index is -0.507. The molecule has 1 aromatic carbocycles. The van der Waals surface area contributed by atoms with Crippen LogP contribution >= 0.6 is 15.9 Å². The van der Waals surface area contributed by atoms with E-state index in [4.69, 9.17) is 5.73 Å². The summed E-state index contributed by atoms with van der Waals surface area (Å²) in [7, 11) is 0. The fraction of sp³-hybridized carbons (Fsp3) is 0.533. The number of fused-ring (bicyclic) bond motifs is 1. The van der Waals surface area contributed by atoms with E-state index in [2.05, 4.69) is 27.8 Å². The number of nitrogen functional groups attached to an aromatic ring is 1. The highest BCUT2D eigenvalue weighted by Crippen LogP contribution is 2.29. The lowest BCUT2D eigenvalue weighted by atomic mass is 10.1. The first-order valence-electron chi connectivity index (χ1n) is 7.27. The van der Waals surface area contributed by atoms with Gasteiger partial charge in [-0.25, -0.2) is 4.39 Å². The van der Waals surface area contributed by atoms with Crippen LogP contribution in [0.3, 0.4) is 0 Å². The predicted molar refractivity (Wildman–Crippen MR) is 83.6 cm³/mol. The van der Waals surface area contributed by atoms with Crippen molar-refractivity contribution in [1.29, 1.82) is 0 Å². The lowest BCUT2D eigenvalue weighted by Crippen LogP contribution is -2.56. The zero-order valence-corrected chi connectivity index (χ0v) is 13.6. The maximum Gasteiger partial charge on any atom is 0.255 e. The zero-order chi connectivity index (χ0) is 15.1. The van der Waals surface area contributed by atoms with Crippen LogP contribution in [0.1, 0.15) is 30.1 Å². The lowest BCUT2D eigenvalue weighted by molar-refractivity contribution is 0.0394. The topological polar surface area (TPSA) is 49.6 Å². The Labute approximate surface area is 132 Å². The van der Waals surface area contributed by atoms with Crippen molar-refractivity contribution in [3.63, 3.8) is 0 Å². The largest absolute Gasteiger partial charge is 0.396 e. The molecule has 21 heavy (non-hydrogen) atoms. The van der Waals surface area contributed by atoms with Crippen LogP contribution < -0.4 is 5.73 Å². The summed E-state index contributed by atoms with van der Waals surface area (Å²) in [5, 5.41) is 0. The number of hydrogen-bond donors (Lipinski definition) is 1. The molecule has 2 heterocycles. The van der Waals surface area contributed by atoms with Gasteiger partial charge in [-0.1, -0.05) is 0 Å². The molecule has 6 heteroatoms. The Morgan fingerprint density at radius 3 is 2.95 bits per heavy atom.